The molecule has 0 amide bonds. The van der Waals surface area contributed by atoms with Crippen LogP contribution in [0.4, 0.5) is 0 Å². The molecule has 0 saturated heterocycles. The van der Waals surface area contributed by atoms with Gasteiger partial charge in [-0.1, -0.05) is 43.2 Å². The molecule has 0 heterocycles. The van der Waals surface area contributed by atoms with Crippen molar-refractivity contribution in [2.75, 3.05) is 0 Å². The third-order valence-corrected chi connectivity index (χ3v) is 5.32. The summed E-state index contributed by atoms with van der Waals surface area (Å²) in [5.41, 5.74) is 1.92. The van der Waals surface area contributed by atoms with E-state index in [1.165, 1.54) is 44.1 Å². The number of aliphatic hydroxyl groups excluding tert-OH is 1. The predicted octanol–water partition coefficient (Wildman–Crippen LogP) is 3.66. The van der Waals surface area contributed by atoms with Gasteiger partial charge in [-0.3, -0.25) is 0 Å². The van der Waals surface area contributed by atoms with Gasteiger partial charge in [-0.25, -0.2) is 0 Å². The molecule has 92 valence electrons. The lowest BCUT2D eigenvalue weighted by atomic mass is 9.64. The Balaban J connectivity index is 2.06. The molecule has 17 heavy (non-hydrogen) atoms. The summed E-state index contributed by atoms with van der Waals surface area (Å²) in [6.45, 7) is 2.00. The molecule has 2 aliphatic rings. The standard InChI is InChI=1S/C16H22O/c1-13(17)15(11-12-15)16(9-5-6-10-16)14-7-3-2-4-8-14/h2-4,7-8,13,17H,5-6,9-12H2,1H3. The van der Waals surface area contributed by atoms with Crippen molar-refractivity contribution in [1.82, 2.24) is 0 Å². The van der Waals surface area contributed by atoms with Crippen LogP contribution >= 0.6 is 0 Å². The third-order valence-electron chi connectivity index (χ3n) is 5.32. The zero-order valence-corrected chi connectivity index (χ0v) is 10.7. The van der Waals surface area contributed by atoms with Gasteiger partial charge in [0.1, 0.15) is 0 Å². The molecule has 1 N–H and O–H groups in total. The Bertz CT molecular complexity index is 383. The lowest BCUT2D eigenvalue weighted by Gasteiger charge is -2.41. The number of rotatable bonds is 3. The van der Waals surface area contributed by atoms with Gasteiger partial charge in [0.2, 0.25) is 0 Å². The Morgan fingerprint density at radius 1 is 1.00 bits per heavy atom. The van der Waals surface area contributed by atoms with Gasteiger partial charge in [-0.2, -0.15) is 0 Å². The van der Waals surface area contributed by atoms with Gasteiger partial charge in [0.15, 0.2) is 0 Å². The Morgan fingerprint density at radius 3 is 2.06 bits per heavy atom. The second kappa shape index (κ2) is 3.84. The zero-order valence-electron chi connectivity index (χ0n) is 10.7. The summed E-state index contributed by atoms with van der Waals surface area (Å²) >= 11 is 0. The van der Waals surface area contributed by atoms with Gasteiger partial charge in [0, 0.05) is 10.8 Å². The summed E-state index contributed by atoms with van der Waals surface area (Å²) < 4.78 is 0. The van der Waals surface area contributed by atoms with E-state index in [0.29, 0.717) is 0 Å². The molecule has 1 aromatic carbocycles. The summed E-state index contributed by atoms with van der Waals surface area (Å²) in [5, 5.41) is 10.2. The fourth-order valence-corrected chi connectivity index (χ4v) is 4.24. The highest BCUT2D eigenvalue weighted by Gasteiger charge is 2.62. The van der Waals surface area contributed by atoms with Crippen molar-refractivity contribution < 1.29 is 5.11 Å². The second-order valence-corrected chi connectivity index (χ2v) is 5.99. The fourth-order valence-electron chi connectivity index (χ4n) is 4.24. The zero-order chi connectivity index (χ0) is 11.9. The molecule has 1 nitrogen and oxygen atoms in total. The number of hydrogen-bond donors (Lipinski definition) is 1. The molecular weight excluding hydrogens is 208 g/mol. The van der Waals surface area contributed by atoms with Crippen LogP contribution in [-0.2, 0) is 5.41 Å². The minimum Gasteiger partial charge on any atom is -0.393 e. The van der Waals surface area contributed by atoms with Crippen molar-refractivity contribution in [1.29, 1.82) is 0 Å². The molecule has 1 atom stereocenters. The highest BCUT2D eigenvalue weighted by atomic mass is 16.3. The topological polar surface area (TPSA) is 20.2 Å². The quantitative estimate of drug-likeness (QED) is 0.840. The summed E-state index contributed by atoms with van der Waals surface area (Å²) in [4.78, 5) is 0. The summed E-state index contributed by atoms with van der Waals surface area (Å²) in [5.74, 6) is 0. The number of aliphatic hydroxyl groups is 1. The lowest BCUT2D eigenvalue weighted by molar-refractivity contribution is 0.0507. The van der Waals surface area contributed by atoms with Crippen LogP contribution in [0.15, 0.2) is 30.3 Å². The van der Waals surface area contributed by atoms with E-state index in [0.717, 1.165) is 0 Å². The molecule has 3 rings (SSSR count). The SMILES string of the molecule is CC(O)C1(C2(c3ccccc3)CCCC2)CC1. The van der Waals surface area contributed by atoms with Crippen molar-refractivity contribution in [3.05, 3.63) is 35.9 Å². The van der Waals surface area contributed by atoms with E-state index in [1.54, 1.807) is 0 Å². The van der Waals surface area contributed by atoms with Gasteiger partial charge in [0.05, 0.1) is 6.10 Å². The van der Waals surface area contributed by atoms with Crippen molar-refractivity contribution in [2.24, 2.45) is 5.41 Å². The first-order chi connectivity index (χ1) is 8.21. The Labute approximate surface area is 104 Å². The number of benzene rings is 1. The summed E-state index contributed by atoms with van der Waals surface area (Å²) in [6, 6.07) is 10.9. The normalized spacial score (nSPS) is 26.7. The highest BCUT2D eigenvalue weighted by molar-refractivity contribution is 5.34. The van der Waals surface area contributed by atoms with Gasteiger partial charge < -0.3 is 5.11 Å². The van der Waals surface area contributed by atoms with Crippen LogP contribution in [0.3, 0.4) is 0 Å². The lowest BCUT2D eigenvalue weighted by Crippen LogP contribution is -2.40. The van der Waals surface area contributed by atoms with Crippen LogP contribution in [0.1, 0.15) is 51.0 Å². The van der Waals surface area contributed by atoms with Crippen molar-refractivity contribution in [3.63, 3.8) is 0 Å². The van der Waals surface area contributed by atoms with Crippen LogP contribution in [0.2, 0.25) is 0 Å². The molecule has 2 saturated carbocycles. The van der Waals surface area contributed by atoms with E-state index >= 15 is 0 Å². The fraction of sp³-hybridized carbons (Fsp3) is 0.625. The molecule has 0 aliphatic heterocycles. The third kappa shape index (κ3) is 1.48. The first kappa shape index (κ1) is 11.3. The van der Waals surface area contributed by atoms with Crippen LogP contribution in [0.25, 0.3) is 0 Å². The molecule has 0 spiro atoms. The minimum atomic E-state index is -0.166. The Kier molecular flexibility index (Phi) is 2.55. The maximum atomic E-state index is 10.2. The highest BCUT2D eigenvalue weighted by Crippen LogP contribution is 2.67. The van der Waals surface area contributed by atoms with Gasteiger partial charge >= 0.3 is 0 Å². The molecule has 0 radical (unpaired) electrons. The molecular formula is C16H22O. The first-order valence-electron chi connectivity index (χ1n) is 6.95. The maximum Gasteiger partial charge on any atom is 0.0576 e. The van der Waals surface area contributed by atoms with Gasteiger partial charge in [-0.05, 0) is 38.2 Å². The van der Waals surface area contributed by atoms with Crippen molar-refractivity contribution in [2.45, 2.75) is 57.0 Å². The van der Waals surface area contributed by atoms with Crippen LogP contribution in [0, 0.1) is 5.41 Å². The summed E-state index contributed by atoms with van der Waals surface area (Å²) in [6.07, 6.45) is 7.43. The predicted molar refractivity (Wildman–Crippen MR) is 69.9 cm³/mol. The van der Waals surface area contributed by atoms with E-state index in [2.05, 4.69) is 30.3 Å². The second-order valence-electron chi connectivity index (χ2n) is 5.99. The number of hydrogen-bond acceptors (Lipinski definition) is 1. The van der Waals surface area contributed by atoms with E-state index in [4.69, 9.17) is 0 Å². The molecule has 1 unspecified atom stereocenters. The first-order valence-corrected chi connectivity index (χ1v) is 6.95. The van der Waals surface area contributed by atoms with E-state index in [9.17, 15) is 5.11 Å². The molecule has 1 aromatic rings. The summed E-state index contributed by atoms with van der Waals surface area (Å²) in [7, 11) is 0. The monoisotopic (exact) mass is 230 g/mol. The Hall–Kier alpha value is -0.820. The Morgan fingerprint density at radius 2 is 1.59 bits per heavy atom. The largest absolute Gasteiger partial charge is 0.393 e. The average molecular weight is 230 g/mol. The molecule has 0 aromatic heterocycles. The molecule has 0 bridgehead atoms. The van der Waals surface area contributed by atoms with Gasteiger partial charge in [-0.15, -0.1) is 0 Å². The molecule has 2 aliphatic carbocycles. The van der Waals surface area contributed by atoms with Gasteiger partial charge in [0.25, 0.3) is 0 Å². The average Bonchev–Trinajstić information content (AvgIpc) is 3.03. The molecule has 2 fully saturated rings. The van der Waals surface area contributed by atoms with Crippen molar-refractivity contribution >= 4 is 0 Å². The maximum absolute atomic E-state index is 10.2. The van der Waals surface area contributed by atoms with Crippen LogP contribution < -0.4 is 0 Å². The van der Waals surface area contributed by atoms with Crippen LogP contribution in [-0.4, -0.2) is 11.2 Å². The van der Waals surface area contributed by atoms with E-state index < -0.39 is 0 Å². The van der Waals surface area contributed by atoms with Crippen molar-refractivity contribution in [3.8, 4) is 0 Å². The molecule has 1 heteroatoms. The minimum absolute atomic E-state index is 0.166. The van der Waals surface area contributed by atoms with E-state index in [1.807, 2.05) is 6.92 Å². The van der Waals surface area contributed by atoms with E-state index in [-0.39, 0.29) is 16.9 Å². The van der Waals surface area contributed by atoms with Crippen LogP contribution in [0.5, 0.6) is 0 Å². The smallest absolute Gasteiger partial charge is 0.0576 e.